The fourth-order valence-electron chi connectivity index (χ4n) is 5.24. The van der Waals surface area contributed by atoms with Crippen molar-refractivity contribution in [3.8, 4) is 0 Å². The molecule has 1 aliphatic carbocycles. The number of hydrogen-bond donors (Lipinski definition) is 2. The number of urea groups is 1. The molecule has 3 aliphatic rings. The summed E-state index contributed by atoms with van der Waals surface area (Å²) in [5.41, 5.74) is 6.09. The van der Waals surface area contributed by atoms with Crippen molar-refractivity contribution in [2.75, 3.05) is 71.0 Å². The predicted molar refractivity (Wildman–Crippen MR) is 144 cm³/mol. The van der Waals surface area contributed by atoms with E-state index in [-0.39, 0.29) is 54.7 Å². The molecule has 210 valence electrons. The highest BCUT2D eigenvalue weighted by Gasteiger charge is 2.36. The number of aromatic nitrogens is 1. The molecule has 3 fully saturated rings. The summed E-state index contributed by atoms with van der Waals surface area (Å²) in [6.45, 7) is 4.34. The van der Waals surface area contributed by atoms with Crippen molar-refractivity contribution in [2.24, 2.45) is 11.7 Å². The zero-order valence-corrected chi connectivity index (χ0v) is 22.7. The maximum Gasteiger partial charge on any atom is 0.320 e. The minimum absolute atomic E-state index is 0. The topological polar surface area (TPSA) is 145 Å². The van der Waals surface area contributed by atoms with E-state index in [2.05, 4.69) is 9.88 Å². The van der Waals surface area contributed by atoms with Crippen LogP contribution in [-0.2, 0) is 19.1 Å². The van der Waals surface area contributed by atoms with E-state index in [0.29, 0.717) is 83.7 Å². The van der Waals surface area contributed by atoms with Crippen molar-refractivity contribution >= 4 is 42.0 Å². The van der Waals surface area contributed by atoms with Crippen LogP contribution in [0.15, 0.2) is 18.3 Å². The monoisotopic (exact) mass is 551 g/mol. The van der Waals surface area contributed by atoms with E-state index in [0.717, 1.165) is 5.82 Å². The standard InChI is InChI=1S/C25H37N7O5.ClH/c1-36-24(34)18-2-5-20(6-3-18)32(17-22(33)30-12-14-37-15-13-30)25(35)31-10-8-29(9-11-31)21-7-4-19(16-28-21)23(26)27;/h4,7,16,18,20H,2-3,5-6,8-15,17H2,1H3,(H3,26,27);1H/t18-,20-;. The van der Waals surface area contributed by atoms with Crippen molar-refractivity contribution in [3.63, 3.8) is 0 Å². The van der Waals surface area contributed by atoms with Gasteiger partial charge in [-0.15, -0.1) is 12.4 Å². The van der Waals surface area contributed by atoms with E-state index in [1.54, 1.807) is 27.0 Å². The summed E-state index contributed by atoms with van der Waals surface area (Å²) in [6.07, 6.45) is 4.19. The molecule has 0 bridgehead atoms. The number of anilines is 1. The molecule has 1 aromatic heterocycles. The zero-order chi connectivity index (χ0) is 26.4. The van der Waals surface area contributed by atoms with Gasteiger partial charge in [-0.05, 0) is 37.8 Å². The second-order valence-corrected chi connectivity index (χ2v) is 9.73. The van der Waals surface area contributed by atoms with Crippen molar-refractivity contribution in [2.45, 2.75) is 31.7 Å². The van der Waals surface area contributed by atoms with Gasteiger partial charge in [0.25, 0.3) is 0 Å². The second-order valence-electron chi connectivity index (χ2n) is 9.73. The molecule has 38 heavy (non-hydrogen) atoms. The van der Waals surface area contributed by atoms with Gasteiger partial charge in [-0.25, -0.2) is 9.78 Å². The van der Waals surface area contributed by atoms with Gasteiger partial charge in [0.1, 0.15) is 18.2 Å². The van der Waals surface area contributed by atoms with Crippen molar-refractivity contribution in [1.82, 2.24) is 19.7 Å². The number of morpholine rings is 1. The molecule has 12 nitrogen and oxygen atoms in total. The van der Waals surface area contributed by atoms with Crippen molar-refractivity contribution < 1.29 is 23.9 Å². The summed E-state index contributed by atoms with van der Waals surface area (Å²) in [4.78, 5) is 50.7. The van der Waals surface area contributed by atoms with Crippen molar-refractivity contribution in [1.29, 1.82) is 5.41 Å². The number of pyridine rings is 1. The van der Waals surface area contributed by atoms with E-state index >= 15 is 0 Å². The average Bonchev–Trinajstić information content (AvgIpc) is 2.95. The largest absolute Gasteiger partial charge is 0.469 e. The molecule has 2 aliphatic heterocycles. The van der Waals surface area contributed by atoms with Gasteiger partial charge < -0.3 is 34.8 Å². The predicted octanol–water partition coefficient (Wildman–Crippen LogP) is 0.922. The number of nitrogens with zero attached hydrogens (tertiary/aromatic N) is 5. The fraction of sp³-hybridized carbons (Fsp3) is 0.640. The Balaban J connectivity index is 0.00000400. The lowest BCUT2D eigenvalue weighted by atomic mass is 9.85. The normalized spacial score (nSPS) is 21.8. The summed E-state index contributed by atoms with van der Waals surface area (Å²) >= 11 is 0. The van der Waals surface area contributed by atoms with E-state index < -0.39 is 0 Å². The molecule has 1 saturated carbocycles. The Morgan fingerprint density at radius 3 is 2.26 bits per heavy atom. The number of nitrogens with one attached hydrogen (secondary N) is 1. The molecule has 4 rings (SSSR count). The molecular formula is C25H38ClN7O5. The van der Waals surface area contributed by atoms with Gasteiger partial charge in [0.15, 0.2) is 0 Å². The minimum Gasteiger partial charge on any atom is -0.469 e. The highest BCUT2D eigenvalue weighted by atomic mass is 35.5. The fourth-order valence-corrected chi connectivity index (χ4v) is 5.24. The van der Waals surface area contributed by atoms with Crippen LogP contribution in [0.25, 0.3) is 0 Å². The number of carbonyl (C=O) groups excluding carboxylic acids is 3. The Labute approximate surface area is 229 Å². The van der Waals surface area contributed by atoms with Crippen LogP contribution in [0.5, 0.6) is 0 Å². The van der Waals surface area contributed by atoms with E-state index in [4.69, 9.17) is 20.6 Å². The number of halogens is 1. The molecule has 13 heteroatoms. The molecule has 0 spiro atoms. The first-order valence-corrected chi connectivity index (χ1v) is 12.9. The van der Waals surface area contributed by atoms with Crippen LogP contribution in [0.2, 0.25) is 0 Å². The zero-order valence-electron chi connectivity index (χ0n) is 21.8. The third-order valence-electron chi connectivity index (χ3n) is 7.52. The molecule has 2 saturated heterocycles. The van der Waals surface area contributed by atoms with Crippen molar-refractivity contribution in [3.05, 3.63) is 23.9 Å². The number of methoxy groups -OCH3 is 1. The highest BCUT2D eigenvalue weighted by Crippen LogP contribution is 2.29. The molecule has 0 radical (unpaired) electrons. The van der Waals surface area contributed by atoms with Gasteiger partial charge in [0.2, 0.25) is 5.91 Å². The first kappa shape index (κ1) is 29.4. The Bertz CT molecular complexity index is 973. The number of ether oxygens (including phenoxy) is 2. The lowest BCUT2D eigenvalue weighted by Crippen LogP contribution is -2.58. The maximum absolute atomic E-state index is 13.7. The molecule has 3 amide bonds. The average molecular weight is 552 g/mol. The first-order chi connectivity index (χ1) is 17.9. The summed E-state index contributed by atoms with van der Waals surface area (Å²) in [7, 11) is 1.40. The number of rotatable bonds is 6. The highest BCUT2D eigenvalue weighted by molar-refractivity contribution is 5.94. The Morgan fingerprint density at radius 2 is 1.71 bits per heavy atom. The molecule has 3 heterocycles. The molecule has 0 unspecified atom stereocenters. The number of amidine groups is 1. The number of hydrogen-bond acceptors (Lipinski definition) is 8. The lowest BCUT2D eigenvalue weighted by molar-refractivity contribution is -0.147. The molecule has 0 aromatic carbocycles. The third kappa shape index (κ3) is 7.04. The molecule has 3 N–H and O–H groups in total. The van der Waals surface area contributed by atoms with Gasteiger partial charge in [0, 0.05) is 57.1 Å². The van der Waals surface area contributed by atoms with Crippen LogP contribution in [0.4, 0.5) is 10.6 Å². The van der Waals surface area contributed by atoms with Crippen LogP contribution in [0.3, 0.4) is 0 Å². The minimum atomic E-state index is -0.207. The maximum atomic E-state index is 13.7. The van der Waals surface area contributed by atoms with Gasteiger partial charge in [-0.2, -0.15) is 0 Å². The Kier molecular flexibility index (Phi) is 10.5. The summed E-state index contributed by atoms with van der Waals surface area (Å²) < 4.78 is 10.3. The van der Waals surface area contributed by atoms with Gasteiger partial charge in [-0.3, -0.25) is 15.0 Å². The van der Waals surface area contributed by atoms with E-state index in [9.17, 15) is 14.4 Å². The Morgan fingerprint density at radius 1 is 1.05 bits per heavy atom. The summed E-state index contributed by atoms with van der Waals surface area (Å²) in [5.74, 6) is 0.319. The number of amides is 3. The molecular weight excluding hydrogens is 514 g/mol. The first-order valence-electron chi connectivity index (χ1n) is 12.9. The molecule has 0 atom stereocenters. The van der Waals surface area contributed by atoms with Crippen LogP contribution < -0.4 is 10.6 Å². The molecule has 1 aromatic rings. The number of esters is 1. The lowest BCUT2D eigenvalue weighted by Gasteiger charge is -2.42. The van der Waals surface area contributed by atoms with Gasteiger partial charge in [-0.1, -0.05) is 0 Å². The van der Waals surface area contributed by atoms with Crippen LogP contribution in [-0.4, -0.2) is 116 Å². The number of nitrogen functional groups attached to an aromatic ring is 1. The summed E-state index contributed by atoms with van der Waals surface area (Å²) in [6, 6.07) is 3.37. The number of nitrogens with two attached hydrogens (primary N) is 1. The quantitative estimate of drug-likeness (QED) is 0.301. The van der Waals surface area contributed by atoms with Gasteiger partial charge in [0.05, 0.1) is 26.2 Å². The van der Waals surface area contributed by atoms with Crippen LogP contribution >= 0.6 is 12.4 Å². The summed E-state index contributed by atoms with van der Waals surface area (Å²) in [5, 5.41) is 7.52. The number of piperazine rings is 1. The third-order valence-corrected chi connectivity index (χ3v) is 7.52. The van der Waals surface area contributed by atoms with Crippen LogP contribution in [0, 0.1) is 11.3 Å². The second kappa shape index (κ2) is 13.6. The van der Waals surface area contributed by atoms with E-state index in [1.807, 2.05) is 6.07 Å². The SMILES string of the molecule is COC(=O)[C@H]1CC[C@H](N(CC(=O)N2CCOCC2)C(=O)N2CCN(c3ccc(C(=N)N)cn3)CC2)CC1.Cl. The Hall–Kier alpha value is -3.12. The smallest absolute Gasteiger partial charge is 0.320 e. The van der Waals surface area contributed by atoms with Gasteiger partial charge >= 0.3 is 12.0 Å². The van der Waals surface area contributed by atoms with E-state index in [1.165, 1.54) is 7.11 Å². The van der Waals surface area contributed by atoms with Crippen LogP contribution in [0.1, 0.15) is 31.2 Å². The number of carbonyl (C=O) groups is 3.